The maximum atomic E-state index is 14.3. The Kier molecular flexibility index (Phi) is 3.78. The fourth-order valence-electron chi connectivity index (χ4n) is 3.11. The molecule has 0 unspecified atom stereocenters. The first-order chi connectivity index (χ1) is 11.5. The maximum absolute atomic E-state index is 14.3. The molecule has 10 heteroatoms. The van der Waals surface area contributed by atoms with Crippen LogP contribution in [0.15, 0.2) is 18.5 Å². The number of fused-ring (bicyclic) bond motifs is 3. The Morgan fingerprint density at radius 3 is 2.71 bits per heavy atom. The molecule has 124 valence electrons. The summed E-state index contributed by atoms with van der Waals surface area (Å²) in [6.45, 7) is 4.55. The summed E-state index contributed by atoms with van der Waals surface area (Å²) >= 11 is 5.97. The number of hydrogen-bond donors (Lipinski definition) is 1. The van der Waals surface area contributed by atoms with Gasteiger partial charge in [0.2, 0.25) is 5.65 Å². The Labute approximate surface area is 142 Å². The third-order valence-electron chi connectivity index (χ3n) is 4.37. The third kappa shape index (κ3) is 2.49. The predicted octanol–water partition coefficient (Wildman–Crippen LogP) is 1.30. The predicted molar refractivity (Wildman–Crippen MR) is 90.9 cm³/mol. The van der Waals surface area contributed by atoms with Gasteiger partial charge in [-0.2, -0.15) is 0 Å². The molecule has 0 spiro atoms. The molecular weight excluding hydrogens is 333 g/mol. The Balaban J connectivity index is 1.82. The second kappa shape index (κ2) is 5.84. The van der Waals surface area contributed by atoms with Gasteiger partial charge in [-0.1, -0.05) is 11.6 Å². The second-order valence-corrected chi connectivity index (χ2v) is 6.31. The Morgan fingerprint density at radius 1 is 1.25 bits per heavy atom. The molecule has 3 aromatic rings. The molecule has 2 aromatic heterocycles. The van der Waals surface area contributed by atoms with Gasteiger partial charge in [0, 0.05) is 31.2 Å². The summed E-state index contributed by atoms with van der Waals surface area (Å²) < 4.78 is 15.9. The first-order valence-electron chi connectivity index (χ1n) is 7.70. The van der Waals surface area contributed by atoms with Crippen molar-refractivity contribution in [3.8, 4) is 0 Å². The van der Waals surface area contributed by atoms with Crippen molar-refractivity contribution in [1.29, 1.82) is 0 Å². The van der Waals surface area contributed by atoms with Gasteiger partial charge in [0.15, 0.2) is 11.6 Å². The van der Waals surface area contributed by atoms with E-state index in [1.807, 2.05) is 4.81 Å². The zero-order chi connectivity index (χ0) is 16.8. The van der Waals surface area contributed by atoms with Gasteiger partial charge in [-0.25, -0.2) is 9.37 Å². The number of rotatable bonds is 2. The summed E-state index contributed by atoms with van der Waals surface area (Å²) in [6.07, 6.45) is 1.48. The van der Waals surface area contributed by atoms with Crippen LogP contribution in [0.2, 0.25) is 11.8 Å². The van der Waals surface area contributed by atoms with Gasteiger partial charge in [-0.3, -0.25) is 4.40 Å². The van der Waals surface area contributed by atoms with Gasteiger partial charge in [0.25, 0.3) is 0 Å². The van der Waals surface area contributed by atoms with E-state index in [4.69, 9.17) is 11.6 Å². The summed E-state index contributed by atoms with van der Waals surface area (Å²) in [6, 6.07) is 2.89. The summed E-state index contributed by atoms with van der Waals surface area (Å²) in [5.74, 6) is 0.187. The number of hydrogen-bond acceptors (Lipinski definition) is 6. The average Bonchev–Trinajstić information content (AvgIpc) is 3.02. The lowest BCUT2D eigenvalue weighted by atomic mass is 9.84. The molecule has 24 heavy (non-hydrogen) atoms. The highest BCUT2D eigenvalue weighted by Gasteiger charge is 2.26. The van der Waals surface area contributed by atoms with Crippen molar-refractivity contribution < 1.29 is 9.41 Å². The molecular formula is C14H15BClFN6O. The first-order valence-corrected chi connectivity index (χ1v) is 8.08. The summed E-state index contributed by atoms with van der Waals surface area (Å²) in [7, 11) is -0.474. The van der Waals surface area contributed by atoms with Crippen LogP contribution in [0, 0.1) is 5.82 Å². The van der Waals surface area contributed by atoms with Gasteiger partial charge < -0.3 is 14.7 Å². The standard InChI is InChI=1S/C14H15BClFN6O/c1-15(24)22-4-2-21(3-5-22)13-14-20-18-8-23(14)12-10(17)6-9(16)7-11(12)19-13/h6-8,24H,2-5H2,1H3. The lowest BCUT2D eigenvalue weighted by Crippen LogP contribution is -2.51. The van der Waals surface area contributed by atoms with Gasteiger partial charge in [-0.15, -0.1) is 10.2 Å². The molecule has 1 aliphatic rings. The van der Waals surface area contributed by atoms with Crippen molar-refractivity contribution in [3.05, 3.63) is 29.3 Å². The second-order valence-electron chi connectivity index (χ2n) is 5.87. The molecule has 0 bridgehead atoms. The number of benzene rings is 1. The highest BCUT2D eigenvalue weighted by atomic mass is 35.5. The molecule has 4 rings (SSSR count). The minimum absolute atomic E-state index is 0.296. The fraction of sp³-hybridized carbons (Fsp3) is 0.357. The van der Waals surface area contributed by atoms with Crippen LogP contribution in [-0.2, 0) is 0 Å². The van der Waals surface area contributed by atoms with Crippen LogP contribution in [0.5, 0.6) is 0 Å². The minimum atomic E-state index is -0.474. The summed E-state index contributed by atoms with van der Waals surface area (Å²) in [5, 5.41) is 18.0. The largest absolute Gasteiger partial charge is 0.437 e. The monoisotopic (exact) mass is 348 g/mol. The van der Waals surface area contributed by atoms with Gasteiger partial charge in [0.05, 0.1) is 5.52 Å². The van der Waals surface area contributed by atoms with Crippen LogP contribution in [0.3, 0.4) is 0 Å². The van der Waals surface area contributed by atoms with Crippen LogP contribution in [0.1, 0.15) is 0 Å². The zero-order valence-corrected chi connectivity index (χ0v) is 13.8. The third-order valence-corrected chi connectivity index (χ3v) is 4.58. The van der Waals surface area contributed by atoms with E-state index in [1.54, 1.807) is 17.3 Å². The van der Waals surface area contributed by atoms with E-state index in [-0.39, 0.29) is 0 Å². The van der Waals surface area contributed by atoms with Crippen molar-refractivity contribution in [2.24, 2.45) is 0 Å². The summed E-state index contributed by atoms with van der Waals surface area (Å²) in [5.41, 5.74) is 1.28. The molecule has 3 heterocycles. The molecule has 0 amide bonds. The van der Waals surface area contributed by atoms with E-state index in [0.29, 0.717) is 53.7 Å². The molecule has 0 radical (unpaired) electrons. The molecule has 0 atom stereocenters. The molecule has 1 saturated heterocycles. The van der Waals surface area contributed by atoms with E-state index in [9.17, 15) is 9.41 Å². The van der Waals surface area contributed by atoms with Gasteiger partial charge in [0.1, 0.15) is 11.8 Å². The van der Waals surface area contributed by atoms with Crippen molar-refractivity contribution in [2.75, 3.05) is 31.1 Å². The number of nitrogens with zero attached hydrogens (tertiary/aromatic N) is 6. The molecule has 7 nitrogen and oxygen atoms in total. The average molecular weight is 349 g/mol. The maximum Gasteiger partial charge on any atom is 0.376 e. The van der Waals surface area contributed by atoms with Crippen molar-refractivity contribution in [3.63, 3.8) is 0 Å². The Bertz CT molecular complexity index is 911. The normalized spacial score (nSPS) is 16.2. The lowest BCUT2D eigenvalue weighted by Gasteiger charge is -2.36. The summed E-state index contributed by atoms with van der Waals surface area (Å²) in [4.78, 5) is 8.64. The molecule has 1 aliphatic heterocycles. The van der Waals surface area contributed by atoms with Crippen molar-refractivity contribution >= 4 is 41.1 Å². The number of anilines is 1. The Hall–Kier alpha value is -1.97. The van der Waals surface area contributed by atoms with Crippen LogP contribution in [0.25, 0.3) is 16.7 Å². The molecule has 0 aliphatic carbocycles. The van der Waals surface area contributed by atoms with Crippen LogP contribution in [-0.4, -0.2) is 62.6 Å². The van der Waals surface area contributed by atoms with Gasteiger partial charge >= 0.3 is 7.05 Å². The fourth-order valence-corrected chi connectivity index (χ4v) is 3.31. The zero-order valence-electron chi connectivity index (χ0n) is 13.0. The SMILES string of the molecule is CB(O)N1CCN(c2nc3cc(Cl)cc(F)c3n3cnnc23)CC1. The minimum Gasteiger partial charge on any atom is -0.437 e. The smallest absolute Gasteiger partial charge is 0.376 e. The quantitative estimate of drug-likeness (QED) is 0.704. The van der Waals surface area contributed by atoms with Crippen LogP contribution in [0.4, 0.5) is 10.2 Å². The van der Waals surface area contributed by atoms with Crippen LogP contribution >= 0.6 is 11.6 Å². The van der Waals surface area contributed by atoms with Gasteiger partial charge in [-0.05, 0) is 19.0 Å². The molecule has 1 N–H and O–H groups in total. The highest BCUT2D eigenvalue weighted by molar-refractivity contribution is 6.45. The van der Waals surface area contributed by atoms with E-state index >= 15 is 0 Å². The molecule has 1 fully saturated rings. The topological polar surface area (TPSA) is 69.8 Å². The first kappa shape index (κ1) is 15.6. The Morgan fingerprint density at radius 2 is 2.00 bits per heavy atom. The highest BCUT2D eigenvalue weighted by Crippen LogP contribution is 2.27. The van der Waals surface area contributed by atoms with E-state index in [1.165, 1.54) is 12.4 Å². The van der Waals surface area contributed by atoms with Crippen molar-refractivity contribution in [2.45, 2.75) is 6.82 Å². The molecule has 1 aromatic carbocycles. The number of halogens is 2. The van der Waals surface area contributed by atoms with Crippen LogP contribution < -0.4 is 4.90 Å². The molecule has 0 saturated carbocycles. The van der Waals surface area contributed by atoms with E-state index < -0.39 is 12.9 Å². The van der Waals surface area contributed by atoms with Crippen molar-refractivity contribution in [1.82, 2.24) is 24.4 Å². The van der Waals surface area contributed by atoms with E-state index in [2.05, 4.69) is 20.1 Å². The number of piperazine rings is 1. The lowest BCUT2D eigenvalue weighted by molar-refractivity contribution is 0.344. The van der Waals surface area contributed by atoms with E-state index in [0.717, 1.165) is 0 Å². The number of aromatic nitrogens is 4.